The van der Waals surface area contributed by atoms with Crippen LogP contribution in [-0.2, 0) is 13.9 Å². The molecule has 0 aromatic carbocycles. The maximum Gasteiger partial charge on any atom is 0.191 e. The Labute approximate surface area is 163 Å². The predicted molar refractivity (Wildman–Crippen MR) is 113 cm³/mol. The Bertz CT molecular complexity index is 411. The van der Waals surface area contributed by atoms with Crippen LogP contribution >= 0.6 is 0 Å². The van der Waals surface area contributed by atoms with Gasteiger partial charge in [-0.2, -0.15) is 0 Å². The van der Waals surface area contributed by atoms with Crippen LogP contribution in [0.25, 0.3) is 0 Å². The molecule has 0 N–H and O–H groups in total. The van der Waals surface area contributed by atoms with E-state index in [9.17, 15) is 0 Å². The van der Waals surface area contributed by atoms with E-state index in [4.69, 9.17) is 13.9 Å². The van der Waals surface area contributed by atoms with E-state index in [1.165, 1.54) is 32.1 Å². The third kappa shape index (κ3) is 10.7. The number of hydrogen-bond acceptors (Lipinski definition) is 3. The first kappa shape index (κ1) is 23.7. The van der Waals surface area contributed by atoms with Gasteiger partial charge in [0.15, 0.2) is 14.6 Å². The van der Waals surface area contributed by atoms with Gasteiger partial charge < -0.3 is 13.9 Å². The van der Waals surface area contributed by atoms with Gasteiger partial charge in [-0.3, -0.25) is 0 Å². The van der Waals surface area contributed by atoms with E-state index in [0.29, 0.717) is 5.04 Å². The summed E-state index contributed by atoms with van der Waals surface area (Å²) < 4.78 is 17.5. The summed E-state index contributed by atoms with van der Waals surface area (Å²) in [5, 5.41) is 0.299. The molecular weight excluding hydrogens is 340 g/mol. The molecule has 3 nitrogen and oxygen atoms in total. The van der Waals surface area contributed by atoms with Crippen molar-refractivity contribution in [3.8, 4) is 11.8 Å². The molecule has 1 aliphatic heterocycles. The van der Waals surface area contributed by atoms with E-state index in [2.05, 4.69) is 45.7 Å². The third-order valence-corrected chi connectivity index (χ3v) is 10.0. The second kappa shape index (κ2) is 12.9. The molecule has 0 amide bonds. The molecule has 1 heterocycles. The Morgan fingerprint density at radius 2 is 1.62 bits per heavy atom. The lowest BCUT2D eigenvalue weighted by Gasteiger charge is -2.36. The predicted octanol–water partition coefficient (Wildman–Crippen LogP) is 6.29. The van der Waals surface area contributed by atoms with Gasteiger partial charge in [0, 0.05) is 32.7 Å². The molecule has 0 aliphatic carbocycles. The lowest BCUT2D eigenvalue weighted by Crippen LogP contribution is -2.40. The van der Waals surface area contributed by atoms with Gasteiger partial charge >= 0.3 is 0 Å². The van der Waals surface area contributed by atoms with Gasteiger partial charge in [0.25, 0.3) is 0 Å². The van der Waals surface area contributed by atoms with Crippen LogP contribution in [0.5, 0.6) is 0 Å². The maximum absolute atomic E-state index is 6.17. The van der Waals surface area contributed by atoms with Crippen LogP contribution in [0.2, 0.25) is 18.1 Å². The van der Waals surface area contributed by atoms with Crippen molar-refractivity contribution in [2.45, 2.75) is 109 Å². The van der Waals surface area contributed by atoms with E-state index >= 15 is 0 Å². The molecule has 4 heteroatoms. The van der Waals surface area contributed by atoms with Gasteiger partial charge in [-0.05, 0) is 56.7 Å². The molecule has 1 unspecified atom stereocenters. The molecule has 0 aromatic heterocycles. The topological polar surface area (TPSA) is 27.7 Å². The molecule has 0 aromatic rings. The van der Waals surface area contributed by atoms with Crippen LogP contribution in [0, 0.1) is 11.8 Å². The first-order chi connectivity index (χ1) is 12.3. The Kier molecular flexibility index (Phi) is 11.8. The molecule has 152 valence electrons. The van der Waals surface area contributed by atoms with Crippen molar-refractivity contribution in [3.63, 3.8) is 0 Å². The average Bonchev–Trinajstić information content (AvgIpc) is 2.59. The van der Waals surface area contributed by atoms with Crippen molar-refractivity contribution in [1.29, 1.82) is 0 Å². The zero-order valence-corrected chi connectivity index (χ0v) is 19.0. The summed E-state index contributed by atoms with van der Waals surface area (Å²) in [5.41, 5.74) is 0. The molecule has 1 fully saturated rings. The van der Waals surface area contributed by atoms with Crippen LogP contribution in [0.4, 0.5) is 0 Å². The average molecular weight is 383 g/mol. The third-order valence-electron chi connectivity index (χ3n) is 5.48. The lowest BCUT2D eigenvalue weighted by molar-refractivity contribution is -0.162. The zero-order valence-electron chi connectivity index (χ0n) is 18.0. The van der Waals surface area contributed by atoms with Gasteiger partial charge in [0.2, 0.25) is 0 Å². The quantitative estimate of drug-likeness (QED) is 0.239. The normalized spacial score (nSPS) is 18.4. The first-order valence-corrected chi connectivity index (χ1v) is 13.6. The van der Waals surface area contributed by atoms with Crippen LogP contribution in [0.1, 0.15) is 85.0 Å². The van der Waals surface area contributed by atoms with Crippen LogP contribution in [0.3, 0.4) is 0 Å². The number of hydrogen-bond donors (Lipinski definition) is 0. The molecule has 1 aliphatic rings. The SMILES string of the molecule is CC(C)(C)[Si](C)(C)OCCCC#CCCCCCCOC1CCCCO1. The van der Waals surface area contributed by atoms with E-state index in [-0.39, 0.29) is 6.29 Å². The van der Waals surface area contributed by atoms with E-state index in [1.54, 1.807) is 0 Å². The Morgan fingerprint density at radius 1 is 0.923 bits per heavy atom. The second-order valence-corrected chi connectivity index (χ2v) is 13.7. The minimum absolute atomic E-state index is 0.0650. The minimum atomic E-state index is -1.58. The first-order valence-electron chi connectivity index (χ1n) is 10.7. The molecule has 0 radical (unpaired) electrons. The second-order valence-electron chi connectivity index (χ2n) is 8.90. The fraction of sp³-hybridized carbons (Fsp3) is 0.909. The van der Waals surface area contributed by atoms with Crippen molar-refractivity contribution in [1.82, 2.24) is 0 Å². The summed E-state index contributed by atoms with van der Waals surface area (Å²) in [6, 6.07) is 0. The zero-order chi connectivity index (χ0) is 19.3. The van der Waals surface area contributed by atoms with Gasteiger partial charge in [-0.1, -0.05) is 33.6 Å². The summed E-state index contributed by atoms with van der Waals surface area (Å²) in [6.45, 7) is 14.0. The van der Waals surface area contributed by atoms with E-state index in [0.717, 1.165) is 51.9 Å². The summed E-state index contributed by atoms with van der Waals surface area (Å²) in [6.07, 6.45) is 11.4. The Morgan fingerprint density at radius 3 is 2.27 bits per heavy atom. The number of rotatable bonds is 11. The van der Waals surface area contributed by atoms with E-state index in [1.807, 2.05) is 0 Å². The van der Waals surface area contributed by atoms with Gasteiger partial charge in [-0.15, -0.1) is 11.8 Å². The Hall–Kier alpha value is -0.343. The van der Waals surface area contributed by atoms with Crippen molar-refractivity contribution in [2.75, 3.05) is 19.8 Å². The lowest BCUT2D eigenvalue weighted by atomic mass is 10.1. The molecule has 0 bridgehead atoms. The van der Waals surface area contributed by atoms with Crippen LogP contribution in [0.15, 0.2) is 0 Å². The van der Waals surface area contributed by atoms with Crippen LogP contribution < -0.4 is 0 Å². The highest BCUT2D eigenvalue weighted by molar-refractivity contribution is 6.74. The van der Waals surface area contributed by atoms with Crippen molar-refractivity contribution in [3.05, 3.63) is 0 Å². The van der Waals surface area contributed by atoms with Crippen molar-refractivity contribution >= 4 is 8.32 Å². The van der Waals surface area contributed by atoms with Gasteiger partial charge in [-0.25, -0.2) is 0 Å². The molecule has 0 spiro atoms. The fourth-order valence-electron chi connectivity index (χ4n) is 2.61. The molecular formula is C22H42O3Si. The van der Waals surface area contributed by atoms with Gasteiger partial charge in [0.05, 0.1) is 0 Å². The van der Waals surface area contributed by atoms with Crippen LogP contribution in [-0.4, -0.2) is 34.4 Å². The standard InChI is InChI=1S/C22H42O3Si/c1-22(2,3)26(4,5)25-20-15-12-10-8-6-7-9-11-14-18-23-21-17-13-16-19-24-21/h21H,6-7,9,11-20H2,1-5H3. The summed E-state index contributed by atoms with van der Waals surface area (Å²) in [7, 11) is -1.58. The summed E-state index contributed by atoms with van der Waals surface area (Å²) >= 11 is 0. The fourth-order valence-corrected chi connectivity index (χ4v) is 3.70. The smallest absolute Gasteiger partial charge is 0.191 e. The summed E-state index contributed by atoms with van der Waals surface area (Å²) in [4.78, 5) is 0. The van der Waals surface area contributed by atoms with Gasteiger partial charge in [0.1, 0.15) is 0 Å². The monoisotopic (exact) mass is 382 g/mol. The van der Waals surface area contributed by atoms with E-state index < -0.39 is 8.32 Å². The molecule has 1 saturated heterocycles. The maximum atomic E-state index is 6.17. The molecule has 1 rings (SSSR count). The summed E-state index contributed by atoms with van der Waals surface area (Å²) in [5.74, 6) is 6.61. The minimum Gasteiger partial charge on any atom is -0.417 e. The molecule has 26 heavy (non-hydrogen) atoms. The number of ether oxygens (including phenoxy) is 2. The Balaban J connectivity index is 1.88. The highest BCUT2D eigenvalue weighted by Crippen LogP contribution is 2.36. The molecule has 0 saturated carbocycles. The molecule has 1 atom stereocenters. The van der Waals surface area contributed by atoms with Crippen molar-refractivity contribution < 1.29 is 13.9 Å². The highest BCUT2D eigenvalue weighted by Gasteiger charge is 2.36. The number of unbranched alkanes of at least 4 members (excludes halogenated alkanes) is 5. The van der Waals surface area contributed by atoms with Crippen molar-refractivity contribution in [2.24, 2.45) is 0 Å². The highest BCUT2D eigenvalue weighted by atomic mass is 28.4. The largest absolute Gasteiger partial charge is 0.417 e.